The Morgan fingerprint density at radius 3 is 2.13 bits per heavy atom. The molecule has 0 heterocycles. The monoisotopic (exact) mass is 410 g/mol. The summed E-state index contributed by atoms with van der Waals surface area (Å²) in [6.45, 7) is 3.44. The molecule has 7 heteroatoms. The van der Waals surface area contributed by atoms with E-state index in [0.717, 1.165) is 22.3 Å². The molecule has 3 N–H and O–H groups in total. The Balaban J connectivity index is 1.55. The second-order valence-electron chi connectivity index (χ2n) is 7.38. The number of carbonyl (C=O) groups excluding carboxylic acids is 2. The van der Waals surface area contributed by atoms with Crippen molar-refractivity contribution in [1.29, 1.82) is 0 Å². The third-order valence-corrected chi connectivity index (χ3v) is 5.44. The standard InChI is InChI=1S/C23H26N2O5/c1-3-15(22(27)28)12-24-21(26)14(2)25-23(29)30-13-20-18-10-6-4-8-16(18)17-9-5-7-11-19(17)20/h4-11,14-15,20H,3,12-13H2,1-2H3,(H,24,26)(H,25,29)(H,27,28). The van der Waals surface area contributed by atoms with Gasteiger partial charge in [-0.25, -0.2) is 4.79 Å². The van der Waals surface area contributed by atoms with Crippen molar-refractivity contribution in [1.82, 2.24) is 10.6 Å². The molecule has 0 radical (unpaired) electrons. The zero-order chi connectivity index (χ0) is 21.7. The number of ether oxygens (including phenoxy) is 1. The summed E-state index contributed by atoms with van der Waals surface area (Å²) in [5, 5.41) is 14.1. The molecule has 2 unspecified atom stereocenters. The van der Waals surface area contributed by atoms with Crippen LogP contribution in [0.15, 0.2) is 48.5 Å². The molecular weight excluding hydrogens is 384 g/mol. The molecule has 0 aromatic heterocycles. The smallest absolute Gasteiger partial charge is 0.407 e. The van der Waals surface area contributed by atoms with Gasteiger partial charge in [-0.3, -0.25) is 9.59 Å². The highest BCUT2D eigenvalue weighted by Gasteiger charge is 2.29. The summed E-state index contributed by atoms with van der Waals surface area (Å²) in [7, 11) is 0. The topological polar surface area (TPSA) is 105 Å². The van der Waals surface area contributed by atoms with E-state index < -0.39 is 29.9 Å². The molecule has 0 bridgehead atoms. The molecule has 7 nitrogen and oxygen atoms in total. The Hall–Kier alpha value is -3.35. The number of nitrogens with one attached hydrogen (secondary N) is 2. The van der Waals surface area contributed by atoms with Crippen LogP contribution in [0.3, 0.4) is 0 Å². The molecule has 2 aromatic rings. The average Bonchev–Trinajstić information content (AvgIpc) is 3.06. The fourth-order valence-electron chi connectivity index (χ4n) is 3.67. The zero-order valence-electron chi connectivity index (χ0n) is 17.1. The van der Waals surface area contributed by atoms with E-state index >= 15 is 0 Å². The van der Waals surface area contributed by atoms with Crippen LogP contribution in [0.2, 0.25) is 0 Å². The van der Waals surface area contributed by atoms with Gasteiger partial charge in [0.2, 0.25) is 5.91 Å². The van der Waals surface area contributed by atoms with Crippen LogP contribution >= 0.6 is 0 Å². The van der Waals surface area contributed by atoms with Crippen LogP contribution < -0.4 is 10.6 Å². The predicted molar refractivity (Wildman–Crippen MR) is 112 cm³/mol. The Morgan fingerprint density at radius 2 is 1.60 bits per heavy atom. The van der Waals surface area contributed by atoms with E-state index in [0.29, 0.717) is 6.42 Å². The summed E-state index contributed by atoms with van der Waals surface area (Å²) in [6, 6.07) is 15.2. The Morgan fingerprint density at radius 1 is 1.03 bits per heavy atom. The average molecular weight is 410 g/mol. The van der Waals surface area contributed by atoms with Gasteiger partial charge in [0, 0.05) is 12.5 Å². The molecule has 0 saturated heterocycles. The van der Waals surface area contributed by atoms with Gasteiger partial charge in [-0.05, 0) is 35.6 Å². The molecule has 0 fully saturated rings. The van der Waals surface area contributed by atoms with Gasteiger partial charge >= 0.3 is 12.1 Å². The first-order valence-electron chi connectivity index (χ1n) is 10.0. The Bertz CT molecular complexity index is 897. The number of aliphatic carboxylic acids is 1. The molecule has 2 atom stereocenters. The minimum absolute atomic E-state index is 0.0153. The molecule has 3 rings (SSSR count). The van der Waals surface area contributed by atoms with Crippen molar-refractivity contribution in [3.05, 3.63) is 59.7 Å². The quantitative estimate of drug-likeness (QED) is 0.620. The number of amides is 2. The van der Waals surface area contributed by atoms with E-state index in [1.54, 1.807) is 6.92 Å². The van der Waals surface area contributed by atoms with Gasteiger partial charge in [0.25, 0.3) is 0 Å². The lowest BCUT2D eigenvalue weighted by Gasteiger charge is -2.18. The summed E-state index contributed by atoms with van der Waals surface area (Å²) in [4.78, 5) is 35.4. The molecule has 1 aliphatic carbocycles. The van der Waals surface area contributed by atoms with Crippen LogP contribution in [0.25, 0.3) is 11.1 Å². The third kappa shape index (κ3) is 4.62. The molecule has 0 saturated carbocycles. The lowest BCUT2D eigenvalue weighted by atomic mass is 9.98. The van der Waals surface area contributed by atoms with Crippen molar-refractivity contribution in [3.63, 3.8) is 0 Å². The Labute approximate surface area is 175 Å². The lowest BCUT2D eigenvalue weighted by molar-refractivity contribution is -0.141. The molecule has 1 aliphatic rings. The molecule has 0 aliphatic heterocycles. The molecule has 158 valence electrons. The maximum Gasteiger partial charge on any atom is 0.407 e. The fourth-order valence-corrected chi connectivity index (χ4v) is 3.67. The molecule has 0 spiro atoms. The van der Waals surface area contributed by atoms with Gasteiger partial charge in [-0.1, -0.05) is 55.5 Å². The molecule has 2 amide bonds. The minimum Gasteiger partial charge on any atom is -0.481 e. The van der Waals surface area contributed by atoms with Crippen LogP contribution in [0.5, 0.6) is 0 Å². The second-order valence-corrected chi connectivity index (χ2v) is 7.38. The van der Waals surface area contributed by atoms with Crippen molar-refractivity contribution < 1.29 is 24.2 Å². The number of alkyl carbamates (subject to hydrolysis) is 1. The summed E-state index contributed by atoms with van der Waals surface area (Å²) >= 11 is 0. The van der Waals surface area contributed by atoms with Crippen LogP contribution in [0.1, 0.15) is 37.3 Å². The van der Waals surface area contributed by atoms with Gasteiger partial charge < -0.3 is 20.5 Å². The number of hydrogen-bond acceptors (Lipinski definition) is 4. The first-order chi connectivity index (χ1) is 14.4. The number of carboxylic acids is 1. The van der Waals surface area contributed by atoms with Crippen LogP contribution in [0, 0.1) is 5.92 Å². The predicted octanol–water partition coefficient (Wildman–Crippen LogP) is 3.14. The number of fused-ring (bicyclic) bond motifs is 3. The highest BCUT2D eigenvalue weighted by atomic mass is 16.5. The van der Waals surface area contributed by atoms with Gasteiger partial charge in [0.05, 0.1) is 5.92 Å². The van der Waals surface area contributed by atoms with Crippen molar-refractivity contribution >= 4 is 18.0 Å². The third-order valence-electron chi connectivity index (χ3n) is 5.44. The first-order valence-corrected chi connectivity index (χ1v) is 10.0. The van der Waals surface area contributed by atoms with E-state index in [2.05, 4.69) is 22.8 Å². The van der Waals surface area contributed by atoms with Crippen LogP contribution in [0.4, 0.5) is 4.79 Å². The summed E-state index contributed by atoms with van der Waals surface area (Å²) < 4.78 is 5.42. The summed E-state index contributed by atoms with van der Waals surface area (Å²) in [5.74, 6) is -2.14. The van der Waals surface area contributed by atoms with E-state index in [1.807, 2.05) is 36.4 Å². The number of carbonyl (C=O) groups is 3. The first kappa shape index (κ1) is 21.4. The Kier molecular flexibility index (Phi) is 6.72. The SMILES string of the molecule is CCC(CNC(=O)C(C)NC(=O)OCC1c2ccccc2-c2ccccc21)C(=O)O. The molecule has 30 heavy (non-hydrogen) atoms. The van der Waals surface area contributed by atoms with Gasteiger partial charge in [0.1, 0.15) is 12.6 Å². The lowest BCUT2D eigenvalue weighted by Crippen LogP contribution is -2.46. The van der Waals surface area contributed by atoms with E-state index in [4.69, 9.17) is 9.84 Å². The summed E-state index contributed by atoms with van der Waals surface area (Å²) in [6.07, 6.45) is -0.283. The van der Waals surface area contributed by atoms with E-state index in [-0.39, 0.29) is 19.1 Å². The largest absolute Gasteiger partial charge is 0.481 e. The number of hydrogen-bond donors (Lipinski definition) is 3. The maximum absolute atomic E-state index is 12.2. The van der Waals surface area contributed by atoms with Crippen molar-refractivity contribution in [2.75, 3.05) is 13.2 Å². The normalized spacial score (nSPS) is 14.2. The molecular formula is C23H26N2O5. The maximum atomic E-state index is 12.2. The summed E-state index contributed by atoms with van der Waals surface area (Å²) in [5.41, 5.74) is 4.49. The highest BCUT2D eigenvalue weighted by molar-refractivity contribution is 5.85. The molecule has 2 aromatic carbocycles. The van der Waals surface area contributed by atoms with Gasteiger partial charge in [-0.2, -0.15) is 0 Å². The zero-order valence-corrected chi connectivity index (χ0v) is 17.1. The van der Waals surface area contributed by atoms with Crippen LogP contribution in [-0.4, -0.2) is 42.3 Å². The number of carboxylic acid groups (broad SMARTS) is 1. The minimum atomic E-state index is -0.963. The number of rotatable bonds is 8. The van der Waals surface area contributed by atoms with Crippen LogP contribution in [-0.2, 0) is 14.3 Å². The highest BCUT2D eigenvalue weighted by Crippen LogP contribution is 2.44. The van der Waals surface area contributed by atoms with Crippen molar-refractivity contribution in [3.8, 4) is 11.1 Å². The van der Waals surface area contributed by atoms with Gasteiger partial charge in [-0.15, -0.1) is 0 Å². The fraction of sp³-hybridized carbons (Fsp3) is 0.348. The van der Waals surface area contributed by atoms with Crippen molar-refractivity contribution in [2.45, 2.75) is 32.2 Å². The second kappa shape index (κ2) is 9.43. The van der Waals surface area contributed by atoms with E-state index in [1.165, 1.54) is 6.92 Å². The van der Waals surface area contributed by atoms with Gasteiger partial charge in [0.15, 0.2) is 0 Å². The van der Waals surface area contributed by atoms with E-state index in [9.17, 15) is 14.4 Å². The van der Waals surface area contributed by atoms with Crippen molar-refractivity contribution in [2.24, 2.45) is 5.92 Å². The number of benzene rings is 2.